The molecule has 0 aliphatic heterocycles. The molecule has 0 radical (unpaired) electrons. The van der Waals surface area contributed by atoms with Gasteiger partial charge in [-0.15, -0.1) is 0 Å². The monoisotopic (exact) mass is 409 g/mol. The van der Waals surface area contributed by atoms with E-state index in [1.807, 2.05) is 20.8 Å². The lowest BCUT2D eigenvalue weighted by molar-refractivity contribution is -0.198. The molecule has 1 aromatic carbocycles. The molecule has 0 aromatic heterocycles. The maximum absolute atomic E-state index is 12.8. The molecule has 1 N–H and O–H groups in total. The number of nitrogens with zero attached hydrogens (tertiary/aromatic N) is 3. The Labute approximate surface area is 176 Å². The maximum atomic E-state index is 12.8. The van der Waals surface area contributed by atoms with Gasteiger partial charge >= 0.3 is 5.97 Å². The molecule has 158 valence electrons. The third-order valence-electron chi connectivity index (χ3n) is 4.44. The number of carbonyl (C=O) groups excluding carboxylic acids is 2. The van der Waals surface area contributed by atoms with Crippen LogP contribution in [0.25, 0.3) is 0 Å². The van der Waals surface area contributed by atoms with Gasteiger partial charge in [0, 0.05) is 12.0 Å². The minimum atomic E-state index is -2.10. The van der Waals surface area contributed by atoms with Crippen LogP contribution >= 0.6 is 0 Å². The van der Waals surface area contributed by atoms with Crippen molar-refractivity contribution in [3.8, 4) is 6.07 Å². The average molecular weight is 409 g/mol. The van der Waals surface area contributed by atoms with Crippen LogP contribution in [0, 0.1) is 17.2 Å². The highest BCUT2D eigenvalue weighted by Crippen LogP contribution is 2.30. The minimum Gasteiger partial charge on any atom is -0.428 e. The fourth-order valence-corrected chi connectivity index (χ4v) is 2.73. The highest BCUT2D eigenvalue weighted by atomic mass is 16.7. The third-order valence-corrected chi connectivity index (χ3v) is 4.44. The van der Waals surface area contributed by atoms with Gasteiger partial charge in [-0.25, -0.2) is 0 Å². The number of rotatable bonds is 7. The second kappa shape index (κ2) is 9.14. The molecular formula is C23H27N3O4. The van der Waals surface area contributed by atoms with E-state index in [4.69, 9.17) is 4.74 Å². The molecule has 7 nitrogen and oxygen atoms in total. The van der Waals surface area contributed by atoms with Gasteiger partial charge in [-0.2, -0.15) is 15.5 Å². The summed E-state index contributed by atoms with van der Waals surface area (Å²) in [5.41, 5.74) is -1.24. The van der Waals surface area contributed by atoms with E-state index < -0.39 is 28.8 Å². The number of hydrogen-bond donors (Lipinski definition) is 1. The van der Waals surface area contributed by atoms with Gasteiger partial charge in [0.1, 0.15) is 5.92 Å². The van der Waals surface area contributed by atoms with Crippen LogP contribution in [0.3, 0.4) is 0 Å². The van der Waals surface area contributed by atoms with E-state index in [2.05, 4.69) is 16.3 Å². The number of azo groups is 1. The predicted molar refractivity (Wildman–Crippen MR) is 111 cm³/mol. The van der Waals surface area contributed by atoms with Gasteiger partial charge in [-0.05, 0) is 40.2 Å². The molecule has 7 heteroatoms. The lowest BCUT2D eigenvalue weighted by atomic mass is 9.86. The molecule has 0 saturated heterocycles. The third kappa shape index (κ3) is 6.19. The van der Waals surface area contributed by atoms with Crippen LogP contribution in [0.15, 0.2) is 64.9 Å². The summed E-state index contributed by atoms with van der Waals surface area (Å²) < 4.78 is 5.30. The first kappa shape index (κ1) is 23.2. The van der Waals surface area contributed by atoms with Crippen LogP contribution < -0.4 is 0 Å². The molecule has 3 unspecified atom stereocenters. The van der Waals surface area contributed by atoms with Crippen LogP contribution in [0.2, 0.25) is 0 Å². The molecule has 0 fully saturated rings. The standard InChI is InChI=1S/C23H27N3O4/c1-21(2,3)25-26-22(4,16-24)15-13-19(27)30-23(29)14-9-8-12-18(23)20(28)17-10-6-5-7-11-17/h5-12,14,18,29H,13,15H2,1-4H3. The minimum absolute atomic E-state index is 0.0643. The van der Waals surface area contributed by atoms with E-state index in [0.29, 0.717) is 5.56 Å². The number of esters is 1. The summed E-state index contributed by atoms with van der Waals surface area (Å²) >= 11 is 0. The van der Waals surface area contributed by atoms with E-state index in [1.165, 1.54) is 18.2 Å². The van der Waals surface area contributed by atoms with Crippen molar-refractivity contribution in [3.05, 3.63) is 60.2 Å². The van der Waals surface area contributed by atoms with Crippen molar-refractivity contribution >= 4 is 11.8 Å². The highest BCUT2D eigenvalue weighted by Gasteiger charge is 2.43. The molecule has 1 aliphatic carbocycles. The van der Waals surface area contributed by atoms with Gasteiger partial charge in [0.25, 0.3) is 0 Å². The maximum Gasteiger partial charge on any atom is 0.308 e. The topological polar surface area (TPSA) is 112 Å². The predicted octanol–water partition coefficient (Wildman–Crippen LogP) is 4.16. The van der Waals surface area contributed by atoms with Crippen molar-refractivity contribution in [2.24, 2.45) is 16.1 Å². The van der Waals surface area contributed by atoms with Crippen LogP contribution in [0.1, 0.15) is 50.9 Å². The Balaban J connectivity index is 2.09. The Kier molecular flexibility index (Phi) is 7.06. The van der Waals surface area contributed by atoms with Crippen LogP contribution in [-0.4, -0.2) is 33.7 Å². The number of carbonyl (C=O) groups is 2. The number of ether oxygens (including phenoxy) is 1. The quantitative estimate of drug-likeness (QED) is 0.314. The molecule has 3 atom stereocenters. The molecule has 0 amide bonds. The zero-order valence-corrected chi connectivity index (χ0v) is 17.7. The van der Waals surface area contributed by atoms with Gasteiger partial charge in [0.2, 0.25) is 5.79 Å². The summed E-state index contributed by atoms with van der Waals surface area (Å²) in [6, 6.07) is 10.5. The molecule has 2 rings (SSSR count). The van der Waals surface area contributed by atoms with Crippen molar-refractivity contribution in [2.75, 3.05) is 0 Å². The van der Waals surface area contributed by atoms with Gasteiger partial charge in [0.05, 0.1) is 11.6 Å². The van der Waals surface area contributed by atoms with Crippen LogP contribution in [0.4, 0.5) is 0 Å². The summed E-state index contributed by atoms with van der Waals surface area (Å²) in [5, 5.41) is 28.5. The van der Waals surface area contributed by atoms with Gasteiger partial charge < -0.3 is 9.84 Å². The molecule has 0 saturated carbocycles. The number of benzene rings is 1. The summed E-state index contributed by atoms with van der Waals surface area (Å²) in [4.78, 5) is 25.3. The van der Waals surface area contributed by atoms with Crippen molar-refractivity contribution in [1.82, 2.24) is 0 Å². The number of allylic oxidation sites excluding steroid dienone is 2. The molecule has 1 aliphatic rings. The Morgan fingerprint density at radius 1 is 1.17 bits per heavy atom. The number of Topliss-reactive ketones (excluding diaryl/α,β-unsaturated/α-hetero) is 1. The zero-order chi connectivity index (χ0) is 22.4. The fourth-order valence-electron chi connectivity index (χ4n) is 2.73. The van der Waals surface area contributed by atoms with Gasteiger partial charge in [-0.3, -0.25) is 9.59 Å². The lowest BCUT2D eigenvalue weighted by Crippen LogP contribution is -2.45. The summed E-state index contributed by atoms with van der Waals surface area (Å²) in [6.07, 6.45) is 5.80. The Bertz CT molecular complexity index is 909. The first-order valence-electron chi connectivity index (χ1n) is 9.73. The summed E-state index contributed by atoms with van der Waals surface area (Å²) in [6.45, 7) is 7.13. The molecule has 1 aromatic rings. The van der Waals surface area contributed by atoms with Crippen molar-refractivity contribution in [3.63, 3.8) is 0 Å². The number of nitriles is 1. The van der Waals surface area contributed by atoms with Crippen LogP contribution in [0.5, 0.6) is 0 Å². The zero-order valence-electron chi connectivity index (χ0n) is 17.7. The summed E-state index contributed by atoms with van der Waals surface area (Å²) in [7, 11) is 0. The molecule has 0 heterocycles. The normalized spacial score (nSPS) is 23.0. The lowest BCUT2D eigenvalue weighted by Gasteiger charge is -2.32. The van der Waals surface area contributed by atoms with E-state index >= 15 is 0 Å². The molecule has 0 bridgehead atoms. The van der Waals surface area contributed by atoms with Crippen molar-refractivity contribution in [1.29, 1.82) is 5.26 Å². The first-order valence-corrected chi connectivity index (χ1v) is 9.73. The highest BCUT2D eigenvalue weighted by molar-refractivity contribution is 6.00. The van der Waals surface area contributed by atoms with Gasteiger partial charge in [0.15, 0.2) is 11.3 Å². The number of hydrogen-bond acceptors (Lipinski definition) is 7. The smallest absolute Gasteiger partial charge is 0.308 e. The van der Waals surface area contributed by atoms with Crippen molar-refractivity contribution in [2.45, 2.75) is 57.4 Å². The Morgan fingerprint density at radius 3 is 2.43 bits per heavy atom. The van der Waals surface area contributed by atoms with E-state index in [0.717, 1.165) is 0 Å². The number of ketones is 1. The average Bonchev–Trinajstić information content (AvgIpc) is 2.70. The molecular weight excluding hydrogens is 382 g/mol. The molecule has 0 spiro atoms. The Morgan fingerprint density at radius 2 is 1.83 bits per heavy atom. The SMILES string of the molecule is CC(C)(C)N=NC(C)(C#N)CCC(=O)OC1(O)C=CC=CC1C(=O)c1ccccc1. The van der Waals surface area contributed by atoms with E-state index in [1.54, 1.807) is 43.3 Å². The van der Waals surface area contributed by atoms with E-state index in [-0.39, 0.29) is 18.6 Å². The van der Waals surface area contributed by atoms with Gasteiger partial charge in [-0.1, -0.05) is 48.6 Å². The van der Waals surface area contributed by atoms with E-state index in [9.17, 15) is 20.0 Å². The second-order valence-corrected chi connectivity index (χ2v) is 8.43. The fraction of sp³-hybridized carbons (Fsp3) is 0.435. The second-order valence-electron chi connectivity index (χ2n) is 8.43. The number of aliphatic hydroxyl groups is 1. The molecule has 30 heavy (non-hydrogen) atoms. The largest absolute Gasteiger partial charge is 0.428 e. The van der Waals surface area contributed by atoms with Crippen molar-refractivity contribution < 1.29 is 19.4 Å². The van der Waals surface area contributed by atoms with Crippen LogP contribution in [-0.2, 0) is 9.53 Å². The summed E-state index contributed by atoms with van der Waals surface area (Å²) in [5.74, 6) is -4.28. The first-order chi connectivity index (χ1) is 14.0. The Hall–Kier alpha value is -3.11.